The Balaban J connectivity index is 2.21. The maximum atomic E-state index is 11.4. The summed E-state index contributed by atoms with van der Waals surface area (Å²) in [6.07, 6.45) is -0.849. The van der Waals surface area contributed by atoms with Crippen LogP contribution in [-0.4, -0.2) is 73.5 Å². The van der Waals surface area contributed by atoms with E-state index in [4.69, 9.17) is 10.8 Å². The SMILES string of the molecule is CN1CCN(c2ccc(C(N)=O)cc2NCC(O)CO)CC1. The highest BCUT2D eigenvalue weighted by atomic mass is 16.3. The van der Waals surface area contributed by atoms with Crippen LogP contribution in [0.15, 0.2) is 18.2 Å². The Hall–Kier alpha value is -1.83. The first-order valence-electron chi connectivity index (χ1n) is 7.41. The zero-order chi connectivity index (χ0) is 16.1. The largest absolute Gasteiger partial charge is 0.394 e. The molecule has 22 heavy (non-hydrogen) atoms. The van der Waals surface area contributed by atoms with E-state index in [9.17, 15) is 9.90 Å². The number of carbonyl (C=O) groups excluding carboxylic acids is 1. The molecule has 1 heterocycles. The minimum atomic E-state index is -0.849. The van der Waals surface area contributed by atoms with Crippen LogP contribution in [0.3, 0.4) is 0 Å². The predicted molar refractivity (Wildman–Crippen MR) is 86.3 cm³/mol. The highest BCUT2D eigenvalue weighted by Gasteiger charge is 2.18. The van der Waals surface area contributed by atoms with Crippen molar-refractivity contribution in [3.05, 3.63) is 23.8 Å². The number of benzene rings is 1. The number of likely N-dealkylation sites (N-methyl/N-ethyl adjacent to an activating group) is 1. The van der Waals surface area contributed by atoms with E-state index in [1.54, 1.807) is 12.1 Å². The summed E-state index contributed by atoms with van der Waals surface area (Å²) < 4.78 is 0. The van der Waals surface area contributed by atoms with Gasteiger partial charge >= 0.3 is 0 Å². The van der Waals surface area contributed by atoms with Gasteiger partial charge in [0.05, 0.1) is 24.1 Å². The van der Waals surface area contributed by atoms with Crippen molar-refractivity contribution in [2.75, 3.05) is 56.6 Å². The molecule has 1 aliphatic rings. The summed E-state index contributed by atoms with van der Waals surface area (Å²) in [7, 11) is 2.09. The molecule has 1 atom stereocenters. The molecule has 5 N–H and O–H groups in total. The Morgan fingerprint density at radius 2 is 2.05 bits per heavy atom. The van der Waals surface area contributed by atoms with Crippen LogP contribution in [0.4, 0.5) is 11.4 Å². The van der Waals surface area contributed by atoms with E-state index in [1.165, 1.54) is 0 Å². The molecule has 0 saturated carbocycles. The average molecular weight is 308 g/mol. The summed E-state index contributed by atoms with van der Waals surface area (Å²) in [5.41, 5.74) is 7.47. The number of hydrogen-bond donors (Lipinski definition) is 4. The van der Waals surface area contributed by atoms with Crippen molar-refractivity contribution in [1.82, 2.24) is 4.90 Å². The first kappa shape index (κ1) is 16.5. The van der Waals surface area contributed by atoms with E-state index >= 15 is 0 Å². The molecule has 0 aromatic heterocycles. The van der Waals surface area contributed by atoms with E-state index in [0.717, 1.165) is 37.6 Å². The number of carbonyl (C=O) groups is 1. The Labute approximate surface area is 130 Å². The molecule has 0 spiro atoms. The van der Waals surface area contributed by atoms with Gasteiger partial charge in [-0.25, -0.2) is 0 Å². The fourth-order valence-electron chi connectivity index (χ4n) is 2.45. The third-order valence-corrected chi connectivity index (χ3v) is 3.86. The summed E-state index contributed by atoms with van der Waals surface area (Å²) in [5.74, 6) is -0.490. The molecule has 7 nitrogen and oxygen atoms in total. The highest BCUT2D eigenvalue weighted by Crippen LogP contribution is 2.28. The van der Waals surface area contributed by atoms with E-state index in [2.05, 4.69) is 22.2 Å². The molecule has 1 unspecified atom stereocenters. The van der Waals surface area contributed by atoms with Gasteiger partial charge in [-0.2, -0.15) is 0 Å². The number of nitrogens with one attached hydrogen (secondary N) is 1. The van der Waals surface area contributed by atoms with Crippen molar-refractivity contribution < 1.29 is 15.0 Å². The third kappa shape index (κ3) is 4.09. The van der Waals surface area contributed by atoms with Crippen molar-refractivity contribution in [2.45, 2.75) is 6.10 Å². The van der Waals surface area contributed by atoms with Crippen LogP contribution in [0.25, 0.3) is 0 Å². The summed E-state index contributed by atoms with van der Waals surface area (Å²) >= 11 is 0. The van der Waals surface area contributed by atoms with Gasteiger partial charge in [-0.15, -0.1) is 0 Å². The molecule has 0 bridgehead atoms. The summed E-state index contributed by atoms with van der Waals surface area (Å²) in [6, 6.07) is 5.28. The maximum absolute atomic E-state index is 11.4. The minimum Gasteiger partial charge on any atom is -0.394 e. The maximum Gasteiger partial charge on any atom is 0.248 e. The van der Waals surface area contributed by atoms with E-state index in [1.807, 2.05) is 6.07 Å². The van der Waals surface area contributed by atoms with Crippen LogP contribution >= 0.6 is 0 Å². The van der Waals surface area contributed by atoms with Crippen LogP contribution < -0.4 is 16.0 Å². The van der Waals surface area contributed by atoms with Crippen molar-refractivity contribution >= 4 is 17.3 Å². The molecule has 1 aliphatic heterocycles. The third-order valence-electron chi connectivity index (χ3n) is 3.86. The summed E-state index contributed by atoms with van der Waals surface area (Å²) in [4.78, 5) is 15.9. The molecule has 122 valence electrons. The molecule has 1 aromatic carbocycles. The Bertz CT molecular complexity index is 516. The molecule has 1 saturated heterocycles. The van der Waals surface area contributed by atoms with Gasteiger partial charge in [0.2, 0.25) is 5.91 Å². The van der Waals surface area contributed by atoms with Gasteiger partial charge in [0.25, 0.3) is 0 Å². The van der Waals surface area contributed by atoms with Gasteiger partial charge < -0.3 is 31.1 Å². The molecule has 1 amide bonds. The van der Waals surface area contributed by atoms with Crippen molar-refractivity contribution in [3.8, 4) is 0 Å². The molecule has 0 aliphatic carbocycles. The number of piperazine rings is 1. The Kier molecular flexibility index (Phi) is 5.59. The molecular formula is C15H24N4O3. The average Bonchev–Trinajstić information content (AvgIpc) is 2.53. The van der Waals surface area contributed by atoms with Gasteiger partial charge in [0, 0.05) is 38.3 Å². The highest BCUT2D eigenvalue weighted by molar-refractivity contribution is 5.95. The molecular weight excluding hydrogens is 284 g/mol. The number of primary amides is 1. The van der Waals surface area contributed by atoms with Crippen molar-refractivity contribution in [1.29, 1.82) is 0 Å². The van der Waals surface area contributed by atoms with E-state index in [-0.39, 0.29) is 13.2 Å². The van der Waals surface area contributed by atoms with Crippen molar-refractivity contribution in [3.63, 3.8) is 0 Å². The lowest BCUT2D eigenvalue weighted by atomic mass is 10.1. The van der Waals surface area contributed by atoms with Gasteiger partial charge in [-0.1, -0.05) is 0 Å². The number of rotatable bonds is 6. The van der Waals surface area contributed by atoms with Crippen LogP contribution in [-0.2, 0) is 0 Å². The lowest BCUT2D eigenvalue weighted by Crippen LogP contribution is -2.44. The monoisotopic (exact) mass is 308 g/mol. The fraction of sp³-hybridized carbons (Fsp3) is 0.533. The summed E-state index contributed by atoms with van der Waals surface area (Å²) in [6.45, 7) is 3.62. The second-order valence-electron chi connectivity index (χ2n) is 5.60. The zero-order valence-corrected chi connectivity index (χ0v) is 12.8. The Morgan fingerprint density at radius 1 is 1.36 bits per heavy atom. The Morgan fingerprint density at radius 3 is 2.64 bits per heavy atom. The molecule has 1 fully saturated rings. The van der Waals surface area contributed by atoms with E-state index in [0.29, 0.717) is 5.56 Å². The standard InChI is InChI=1S/C15H24N4O3/c1-18-4-6-19(7-5-18)14-3-2-11(15(16)22)8-13(14)17-9-12(21)10-20/h2-3,8,12,17,20-21H,4-7,9-10H2,1H3,(H2,16,22). The van der Waals surface area contributed by atoms with E-state index < -0.39 is 12.0 Å². The lowest BCUT2D eigenvalue weighted by molar-refractivity contribution is 0.100. The van der Waals surface area contributed by atoms with Crippen molar-refractivity contribution in [2.24, 2.45) is 5.73 Å². The lowest BCUT2D eigenvalue weighted by Gasteiger charge is -2.35. The number of amides is 1. The first-order valence-corrected chi connectivity index (χ1v) is 7.41. The quantitative estimate of drug-likeness (QED) is 0.554. The van der Waals surface area contributed by atoms with Gasteiger partial charge in [-0.3, -0.25) is 4.79 Å². The molecule has 1 aromatic rings. The normalized spacial score (nSPS) is 17.3. The van der Waals surface area contributed by atoms with Crippen LogP contribution in [0.2, 0.25) is 0 Å². The van der Waals surface area contributed by atoms with Gasteiger partial charge in [-0.05, 0) is 25.2 Å². The minimum absolute atomic E-state index is 0.208. The molecule has 2 rings (SSSR count). The second-order valence-corrected chi connectivity index (χ2v) is 5.60. The van der Waals surface area contributed by atoms with Gasteiger partial charge in [0.15, 0.2) is 0 Å². The predicted octanol–water partition coefficient (Wildman–Crippen LogP) is -0.698. The summed E-state index contributed by atoms with van der Waals surface area (Å²) in [5, 5.41) is 21.5. The van der Waals surface area contributed by atoms with Crippen LogP contribution in [0.5, 0.6) is 0 Å². The number of nitrogens with two attached hydrogens (primary N) is 1. The van der Waals surface area contributed by atoms with Crippen LogP contribution in [0, 0.1) is 0 Å². The first-order chi connectivity index (χ1) is 10.5. The number of hydrogen-bond acceptors (Lipinski definition) is 6. The number of aliphatic hydroxyl groups is 2. The van der Waals surface area contributed by atoms with Crippen LogP contribution in [0.1, 0.15) is 10.4 Å². The number of nitrogens with zero attached hydrogens (tertiary/aromatic N) is 2. The topological polar surface area (TPSA) is 102 Å². The zero-order valence-electron chi connectivity index (χ0n) is 12.8. The number of anilines is 2. The smallest absolute Gasteiger partial charge is 0.248 e. The number of aliphatic hydroxyl groups excluding tert-OH is 2. The van der Waals surface area contributed by atoms with Gasteiger partial charge in [0.1, 0.15) is 0 Å². The molecule has 0 radical (unpaired) electrons. The second kappa shape index (κ2) is 7.44. The molecule has 7 heteroatoms. The fourth-order valence-corrected chi connectivity index (χ4v) is 2.45.